The highest BCUT2D eigenvalue weighted by Crippen LogP contribution is 2.30. The number of carbonyl (C=O) groups excluding carboxylic acids is 1. The van der Waals surface area contributed by atoms with E-state index >= 15 is 0 Å². The van der Waals surface area contributed by atoms with Gasteiger partial charge in [0.15, 0.2) is 0 Å². The summed E-state index contributed by atoms with van der Waals surface area (Å²) in [6, 6.07) is 12.5. The largest absolute Gasteiger partial charge is 0.355 e. The lowest BCUT2D eigenvalue weighted by Gasteiger charge is -2.17. The van der Waals surface area contributed by atoms with Gasteiger partial charge in [0, 0.05) is 21.7 Å². The highest BCUT2D eigenvalue weighted by atomic mass is 127. The van der Waals surface area contributed by atoms with Crippen LogP contribution in [0.4, 0.5) is 15.8 Å². The maximum Gasteiger partial charge on any atom is 0.277 e. The Balaban J connectivity index is 1.67. The Morgan fingerprint density at radius 2 is 1.97 bits per heavy atom. The van der Waals surface area contributed by atoms with Crippen molar-refractivity contribution in [3.05, 3.63) is 75.4 Å². The Hall–Kier alpha value is -2.39. The van der Waals surface area contributed by atoms with Crippen molar-refractivity contribution in [1.82, 2.24) is 10.0 Å². The molecule has 1 aliphatic carbocycles. The molecule has 2 N–H and O–H groups in total. The van der Waals surface area contributed by atoms with Crippen LogP contribution in [0.15, 0.2) is 54.9 Å². The van der Waals surface area contributed by atoms with E-state index in [1.807, 2.05) is 37.3 Å². The van der Waals surface area contributed by atoms with Crippen LogP contribution in [-0.2, 0) is 4.84 Å². The first kappa shape index (κ1) is 19.9. The monoisotopic (exact) mass is 505 g/mol. The van der Waals surface area contributed by atoms with Gasteiger partial charge in [-0.25, -0.2) is 9.87 Å². The van der Waals surface area contributed by atoms with E-state index in [9.17, 15) is 9.18 Å². The molecule has 29 heavy (non-hydrogen) atoms. The molecule has 1 aliphatic rings. The van der Waals surface area contributed by atoms with Crippen molar-refractivity contribution in [3.63, 3.8) is 0 Å². The van der Waals surface area contributed by atoms with Crippen LogP contribution in [0.5, 0.6) is 0 Å². The molecule has 5 nitrogen and oxygen atoms in total. The van der Waals surface area contributed by atoms with E-state index in [4.69, 9.17) is 4.84 Å². The number of rotatable bonds is 7. The van der Waals surface area contributed by atoms with Crippen molar-refractivity contribution < 1.29 is 14.0 Å². The van der Waals surface area contributed by atoms with Crippen molar-refractivity contribution in [1.29, 1.82) is 0 Å². The number of halogens is 2. The number of hydroxylamine groups is 1. The third kappa shape index (κ3) is 4.79. The number of aromatic nitrogens is 1. The Morgan fingerprint density at radius 1 is 1.21 bits per heavy atom. The van der Waals surface area contributed by atoms with E-state index in [-0.39, 0.29) is 5.56 Å². The molecule has 0 saturated heterocycles. The molecule has 1 aromatic heterocycles. The average molecular weight is 505 g/mol. The van der Waals surface area contributed by atoms with Crippen molar-refractivity contribution in [2.45, 2.75) is 19.8 Å². The lowest BCUT2D eigenvalue weighted by molar-refractivity contribution is 0.0270. The highest BCUT2D eigenvalue weighted by molar-refractivity contribution is 14.1. The zero-order valence-electron chi connectivity index (χ0n) is 15.9. The van der Waals surface area contributed by atoms with Crippen molar-refractivity contribution in [3.8, 4) is 5.69 Å². The molecule has 0 spiro atoms. The summed E-state index contributed by atoms with van der Waals surface area (Å²) in [5.74, 6) is -0.456. The Bertz CT molecular complexity index is 1030. The van der Waals surface area contributed by atoms with Gasteiger partial charge in [0.2, 0.25) is 0 Å². The zero-order chi connectivity index (χ0) is 20.4. The maximum atomic E-state index is 14.8. The quantitative estimate of drug-likeness (QED) is 0.337. The molecule has 1 amide bonds. The van der Waals surface area contributed by atoms with Crippen LogP contribution in [0, 0.1) is 22.2 Å². The molecule has 150 valence electrons. The van der Waals surface area contributed by atoms with Crippen LogP contribution < -0.4 is 10.8 Å². The number of carbonyl (C=O) groups is 1. The SMILES string of the molecule is Cc1cc(I)ccc1Nc1cc(-n2cccc2)c(F)cc1C(=O)NOCC1CC1. The predicted molar refractivity (Wildman–Crippen MR) is 119 cm³/mol. The lowest BCUT2D eigenvalue weighted by Crippen LogP contribution is -2.26. The number of benzene rings is 2. The van der Waals surface area contributed by atoms with Crippen molar-refractivity contribution in [2.24, 2.45) is 5.92 Å². The molecule has 0 bridgehead atoms. The van der Waals surface area contributed by atoms with E-state index in [0.717, 1.165) is 27.7 Å². The fourth-order valence-electron chi connectivity index (χ4n) is 3.02. The summed E-state index contributed by atoms with van der Waals surface area (Å²) >= 11 is 2.25. The molecule has 0 atom stereocenters. The minimum atomic E-state index is -0.488. The van der Waals surface area contributed by atoms with Gasteiger partial charge in [0.1, 0.15) is 5.82 Å². The molecule has 1 saturated carbocycles. The fraction of sp³-hybridized carbons (Fsp3) is 0.227. The molecule has 3 aromatic rings. The highest BCUT2D eigenvalue weighted by Gasteiger charge is 2.23. The molecule has 7 heteroatoms. The molecule has 0 radical (unpaired) electrons. The van der Waals surface area contributed by atoms with Crippen LogP contribution in [0.25, 0.3) is 5.69 Å². The van der Waals surface area contributed by atoms with Crippen LogP contribution in [-0.4, -0.2) is 17.1 Å². The van der Waals surface area contributed by atoms with E-state index in [0.29, 0.717) is 23.9 Å². The first-order valence-corrected chi connectivity index (χ1v) is 10.5. The third-order valence-electron chi connectivity index (χ3n) is 4.85. The third-order valence-corrected chi connectivity index (χ3v) is 5.52. The Morgan fingerprint density at radius 3 is 2.66 bits per heavy atom. The molecule has 2 aromatic carbocycles. The van der Waals surface area contributed by atoms with Gasteiger partial charge in [-0.2, -0.15) is 0 Å². The summed E-state index contributed by atoms with van der Waals surface area (Å²) in [6.07, 6.45) is 5.76. The summed E-state index contributed by atoms with van der Waals surface area (Å²) in [4.78, 5) is 18.0. The Kier molecular flexibility index (Phi) is 5.86. The maximum absolute atomic E-state index is 14.8. The number of aryl methyl sites for hydroxylation is 1. The summed E-state index contributed by atoms with van der Waals surface area (Å²) in [5, 5.41) is 3.29. The molecule has 0 unspecified atom stereocenters. The van der Waals surface area contributed by atoms with Crippen LogP contribution >= 0.6 is 22.6 Å². The molecule has 0 aliphatic heterocycles. The minimum absolute atomic E-state index is 0.187. The summed E-state index contributed by atoms with van der Waals surface area (Å²) in [5.41, 5.74) is 5.38. The number of hydrogen-bond donors (Lipinski definition) is 2. The molecule has 1 heterocycles. The average Bonchev–Trinajstić information content (AvgIpc) is 3.35. The van der Waals surface area contributed by atoms with E-state index in [1.54, 1.807) is 23.0 Å². The number of anilines is 2. The molecular formula is C22H21FIN3O2. The lowest BCUT2D eigenvalue weighted by atomic mass is 10.1. The van der Waals surface area contributed by atoms with Gasteiger partial charge < -0.3 is 9.88 Å². The zero-order valence-corrected chi connectivity index (χ0v) is 18.1. The standard InChI is InChI=1S/C22H21FIN3O2/c1-14-10-16(24)6-7-19(14)25-20-12-21(27-8-2-3-9-27)18(23)11-17(20)22(28)26-29-13-15-4-5-15/h2-3,6-12,15,25H,4-5,13H2,1H3,(H,26,28). The summed E-state index contributed by atoms with van der Waals surface area (Å²) in [7, 11) is 0. The van der Waals surface area contributed by atoms with E-state index in [1.165, 1.54) is 6.07 Å². The number of amides is 1. The Labute approximate surface area is 182 Å². The topological polar surface area (TPSA) is 55.3 Å². The predicted octanol–water partition coefficient (Wildman–Crippen LogP) is 5.34. The van der Waals surface area contributed by atoms with E-state index < -0.39 is 11.7 Å². The van der Waals surface area contributed by atoms with Gasteiger partial charge in [-0.3, -0.25) is 9.63 Å². The van der Waals surface area contributed by atoms with Crippen LogP contribution in [0.3, 0.4) is 0 Å². The second-order valence-electron chi connectivity index (χ2n) is 7.21. The minimum Gasteiger partial charge on any atom is -0.355 e. The number of nitrogens with one attached hydrogen (secondary N) is 2. The second kappa shape index (κ2) is 8.54. The molecule has 4 rings (SSSR count). The smallest absolute Gasteiger partial charge is 0.277 e. The number of hydrogen-bond acceptors (Lipinski definition) is 3. The van der Waals surface area contributed by atoms with Crippen molar-refractivity contribution in [2.75, 3.05) is 11.9 Å². The first-order valence-electron chi connectivity index (χ1n) is 9.43. The van der Waals surface area contributed by atoms with Gasteiger partial charge in [-0.05, 0) is 96.3 Å². The van der Waals surface area contributed by atoms with Gasteiger partial charge >= 0.3 is 0 Å². The normalized spacial score (nSPS) is 13.3. The van der Waals surface area contributed by atoms with Gasteiger partial charge in [-0.1, -0.05) is 0 Å². The second-order valence-corrected chi connectivity index (χ2v) is 8.45. The van der Waals surface area contributed by atoms with E-state index in [2.05, 4.69) is 33.4 Å². The molecular weight excluding hydrogens is 484 g/mol. The van der Waals surface area contributed by atoms with Gasteiger partial charge in [0.05, 0.1) is 23.5 Å². The van der Waals surface area contributed by atoms with Crippen molar-refractivity contribution >= 4 is 39.9 Å². The van der Waals surface area contributed by atoms with Gasteiger partial charge in [-0.15, -0.1) is 0 Å². The first-order chi connectivity index (χ1) is 14.0. The fourth-order valence-corrected chi connectivity index (χ4v) is 3.67. The number of nitrogens with zero attached hydrogens (tertiary/aromatic N) is 1. The summed E-state index contributed by atoms with van der Waals surface area (Å²) < 4.78 is 17.6. The van der Waals surface area contributed by atoms with Crippen LogP contribution in [0.2, 0.25) is 0 Å². The summed E-state index contributed by atoms with van der Waals surface area (Å²) in [6.45, 7) is 2.47. The molecule has 1 fully saturated rings. The van der Waals surface area contributed by atoms with Crippen LogP contribution in [0.1, 0.15) is 28.8 Å². The van der Waals surface area contributed by atoms with Gasteiger partial charge in [0.25, 0.3) is 5.91 Å².